The predicted molar refractivity (Wildman–Crippen MR) is 84.2 cm³/mol. The van der Waals surface area contributed by atoms with Crippen molar-refractivity contribution in [3.05, 3.63) is 59.6 Å². The lowest BCUT2D eigenvalue weighted by atomic mass is 10.1. The molecule has 0 saturated carbocycles. The van der Waals surface area contributed by atoms with Gasteiger partial charge in [0.15, 0.2) is 0 Å². The molecular weight excluding hydrogens is 262 g/mol. The first-order valence-electron chi connectivity index (χ1n) is 7.38. The number of fused-ring (bicyclic) bond motifs is 1. The predicted octanol–water partition coefficient (Wildman–Crippen LogP) is 3.97. The Morgan fingerprint density at radius 3 is 2.95 bits per heavy atom. The molecule has 1 aliphatic heterocycles. The molecule has 2 heterocycles. The number of benzene rings is 1. The van der Waals surface area contributed by atoms with Gasteiger partial charge in [0, 0.05) is 25.2 Å². The lowest BCUT2D eigenvalue weighted by molar-refractivity contribution is 0.168. The molecule has 0 radical (unpaired) electrons. The lowest BCUT2D eigenvalue weighted by Gasteiger charge is -2.22. The lowest BCUT2D eigenvalue weighted by Crippen LogP contribution is -2.32. The summed E-state index contributed by atoms with van der Waals surface area (Å²) in [5.41, 5.74) is 2.55. The highest BCUT2D eigenvalue weighted by Crippen LogP contribution is 2.25. The van der Waals surface area contributed by atoms with Crippen LogP contribution >= 0.6 is 0 Å². The summed E-state index contributed by atoms with van der Waals surface area (Å²) in [5, 5.41) is 0. The van der Waals surface area contributed by atoms with Crippen molar-refractivity contribution < 1.29 is 9.15 Å². The molecule has 3 nitrogen and oxygen atoms in total. The van der Waals surface area contributed by atoms with Gasteiger partial charge in [-0.15, -0.1) is 0 Å². The molecule has 0 amide bonds. The van der Waals surface area contributed by atoms with Crippen LogP contribution in [0.5, 0.6) is 5.75 Å². The van der Waals surface area contributed by atoms with Crippen molar-refractivity contribution in [1.29, 1.82) is 0 Å². The van der Waals surface area contributed by atoms with Crippen LogP contribution in [-0.4, -0.2) is 24.1 Å². The standard InChI is InChI=1S/C18H21NO2/c1-14(10-17-7-5-9-20-17)11-19-12-15(2)21-18-8-4-3-6-16(18)13-19/h3-10,15H,11-13H2,1-2H3. The van der Waals surface area contributed by atoms with E-state index in [-0.39, 0.29) is 6.10 Å². The number of ether oxygens (including phenoxy) is 1. The van der Waals surface area contributed by atoms with Crippen LogP contribution in [0.25, 0.3) is 6.08 Å². The summed E-state index contributed by atoms with van der Waals surface area (Å²) >= 11 is 0. The zero-order chi connectivity index (χ0) is 14.7. The highest BCUT2D eigenvalue weighted by atomic mass is 16.5. The smallest absolute Gasteiger partial charge is 0.126 e. The summed E-state index contributed by atoms with van der Waals surface area (Å²) in [7, 11) is 0. The van der Waals surface area contributed by atoms with Gasteiger partial charge in [0.1, 0.15) is 17.6 Å². The zero-order valence-electron chi connectivity index (χ0n) is 12.6. The number of hydrogen-bond donors (Lipinski definition) is 0. The van der Waals surface area contributed by atoms with Gasteiger partial charge < -0.3 is 9.15 Å². The van der Waals surface area contributed by atoms with E-state index in [0.29, 0.717) is 0 Å². The minimum atomic E-state index is 0.199. The first-order chi connectivity index (χ1) is 10.2. The fourth-order valence-electron chi connectivity index (χ4n) is 2.81. The first kappa shape index (κ1) is 14.0. The average Bonchev–Trinajstić information content (AvgIpc) is 2.87. The van der Waals surface area contributed by atoms with Gasteiger partial charge in [0.2, 0.25) is 0 Å². The monoisotopic (exact) mass is 283 g/mol. The van der Waals surface area contributed by atoms with Crippen LogP contribution in [-0.2, 0) is 6.54 Å². The molecule has 1 unspecified atom stereocenters. The molecule has 0 spiro atoms. The van der Waals surface area contributed by atoms with Crippen molar-refractivity contribution in [2.75, 3.05) is 13.1 Å². The van der Waals surface area contributed by atoms with Crippen molar-refractivity contribution in [3.63, 3.8) is 0 Å². The quantitative estimate of drug-likeness (QED) is 0.852. The maximum absolute atomic E-state index is 5.99. The fraction of sp³-hybridized carbons (Fsp3) is 0.333. The third-order valence-corrected chi connectivity index (χ3v) is 3.61. The summed E-state index contributed by atoms with van der Waals surface area (Å²) in [4.78, 5) is 2.42. The number of hydrogen-bond acceptors (Lipinski definition) is 3. The Balaban J connectivity index is 1.74. The second-order valence-electron chi connectivity index (χ2n) is 5.71. The molecule has 0 N–H and O–H groups in total. The van der Waals surface area contributed by atoms with Crippen molar-refractivity contribution >= 4 is 6.08 Å². The molecule has 1 aromatic carbocycles. The zero-order valence-corrected chi connectivity index (χ0v) is 12.6. The number of para-hydroxylation sites is 1. The van der Waals surface area contributed by atoms with Gasteiger partial charge in [0.25, 0.3) is 0 Å². The molecule has 1 atom stereocenters. The highest BCUT2D eigenvalue weighted by Gasteiger charge is 2.19. The molecule has 1 aliphatic rings. The SMILES string of the molecule is CC(=Cc1ccco1)CN1Cc2ccccc2OC(C)C1. The van der Waals surface area contributed by atoms with E-state index in [1.54, 1.807) is 6.26 Å². The maximum Gasteiger partial charge on any atom is 0.126 e. The molecule has 110 valence electrons. The van der Waals surface area contributed by atoms with Crippen LogP contribution in [0.2, 0.25) is 0 Å². The van der Waals surface area contributed by atoms with E-state index in [0.717, 1.165) is 31.1 Å². The number of nitrogens with zero attached hydrogens (tertiary/aromatic N) is 1. The van der Waals surface area contributed by atoms with Gasteiger partial charge in [0.05, 0.1) is 6.26 Å². The molecule has 1 aromatic heterocycles. The van der Waals surface area contributed by atoms with Gasteiger partial charge >= 0.3 is 0 Å². The fourth-order valence-corrected chi connectivity index (χ4v) is 2.81. The van der Waals surface area contributed by atoms with Gasteiger partial charge in [-0.1, -0.05) is 23.8 Å². The third kappa shape index (κ3) is 3.56. The largest absolute Gasteiger partial charge is 0.489 e. The molecular formula is C18H21NO2. The Morgan fingerprint density at radius 1 is 1.29 bits per heavy atom. The molecule has 0 aliphatic carbocycles. The Hall–Kier alpha value is -2.00. The Labute approximate surface area is 125 Å². The summed E-state index contributed by atoms with van der Waals surface area (Å²) < 4.78 is 11.4. The topological polar surface area (TPSA) is 25.6 Å². The first-order valence-corrected chi connectivity index (χ1v) is 7.38. The van der Waals surface area contributed by atoms with Gasteiger partial charge in [-0.3, -0.25) is 4.90 Å². The van der Waals surface area contributed by atoms with E-state index < -0.39 is 0 Å². The summed E-state index contributed by atoms with van der Waals surface area (Å²) in [6.45, 7) is 7.04. The van der Waals surface area contributed by atoms with Crippen LogP contribution in [0.3, 0.4) is 0 Å². The van der Waals surface area contributed by atoms with Crippen LogP contribution in [0.4, 0.5) is 0 Å². The van der Waals surface area contributed by atoms with Crippen LogP contribution < -0.4 is 4.74 Å². The molecule has 3 rings (SSSR count). The van der Waals surface area contributed by atoms with E-state index in [4.69, 9.17) is 9.15 Å². The van der Waals surface area contributed by atoms with Crippen molar-refractivity contribution in [2.24, 2.45) is 0 Å². The van der Waals surface area contributed by atoms with Gasteiger partial charge in [-0.25, -0.2) is 0 Å². The van der Waals surface area contributed by atoms with Crippen molar-refractivity contribution in [3.8, 4) is 5.75 Å². The molecule has 0 fully saturated rings. The van der Waals surface area contributed by atoms with E-state index in [1.165, 1.54) is 11.1 Å². The number of rotatable bonds is 3. The number of furan rings is 1. The second-order valence-corrected chi connectivity index (χ2v) is 5.71. The summed E-state index contributed by atoms with van der Waals surface area (Å²) in [6.07, 6.45) is 4.00. The van der Waals surface area contributed by atoms with E-state index in [1.807, 2.05) is 18.2 Å². The Morgan fingerprint density at radius 2 is 2.14 bits per heavy atom. The Bertz CT molecular complexity index is 616. The minimum absolute atomic E-state index is 0.199. The maximum atomic E-state index is 5.99. The van der Waals surface area contributed by atoms with Gasteiger partial charge in [-0.05, 0) is 38.1 Å². The van der Waals surface area contributed by atoms with Crippen LogP contribution in [0, 0.1) is 0 Å². The molecule has 3 heteroatoms. The van der Waals surface area contributed by atoms with E-state index in [2.05, 4.69) is 43.0 Å². The normalized spacial score (nSPS) is 19.7. The molecule has 21 heavy (non-hydrogen) atoms. The molecule has 2 aromatic rings. The van der Waals surface area contributed by atoms with Crippen LogP contribution in [0.15, 0.2) is 52.7 Å². The minimum Gasteiger partial charge on any atom is -0.489 e. The Kier molecular flexibility index (Phi) is 4.11. The molecule has 0 bridgehead atoms. The van der Waals surface area contributed by atoms with Crippen molar-refractivity contribution in [2.45, 2.75) is 26.5 Å². The highest BCUT2D eigenvalue weighted by molar-refractivity contribution is 5.46. The van der Waals surface area contributed by atoms with E-state index in [9.17, 15) is 0 Å². The summed E-state index contributed by atoms with van der Waals surface area (Å²) in [6, 6.07) is 12.2. The molecule has 0 saturated heterocycles. The van der Waals surface area contributed by atoms with E-state index >= 15 is 0 Å². The third-order valence-electron chi connectivity index (χ3n) is 3.61. The van der Waals surface area contributed by atoms with Gasteiger partial charge in [-0.2, -0.15) is 0 Å². The van der Waals surface area contributed by atoms with Crippen molar-refractivity contribution in [1.82, 2.24) is 4.90 Å². The average molecular weight is 283 g/mol. The van der Waals surface area contributed by atoms with Crippen LogP contribution in [0.1, 0.15) is 25.2 Å². The second kappa shape index (κ2) is 6.19. The summed E-state index contributed by atoms with van der Waals surface area (Å²) in [5.74, 6) is 1.92.